The predicted octanol–water partition coefficient (Wildman–Crippen LogP) is 1.50. The molecule has 0 aliphatic carbocycles. The van der Waals surface area contributed by atoms with Gasteiger partial charge in [-0.1, -0.05) is 0 Å². The zero-order valence-electron chi connectivity index (χ0n) is 11.3. The smallest absolute Gasteiger partial charge is 0.246 e. The van der Waals surface area contributed by atoms with E-state index in [0.717, 1.165) is 0 Å². The van der Waals surface area contributed by atoms with E-state index in [1.165, 1.54) is 16.4 Å². The van der Waals surface area contributed by atoms with Crippen molar-refractivity contribution < 1.29 is 12.8 Å². The number of likely N-dealkylation sites (N-methyl/N-ethyl adjacent to an activating group) is 1. The largest absolute Gasteiger partial charge is 0.399 e. The van der Waals surface area contributed by atoms with E-state index in [4.69, 9.17) is 5.73 Å². The molecule has 1 aromatic carbocycles. The number of piperazine rings is 1. The lowest BCUT2D eigenvalue weighted by atomic mass is 10.2. The Morgan fingerprint density at radius 2 is 2.05 bits per heavy atom. The van der Waals surface area contributed by atoms with E-state index in [-0.39, 0.29) is 21.1 Å². The molecule has 2 N–H and O–H groups in total. The van der Waals surface area contributed by atoms with Crippen molar-refractivity contribution in [2.75, 3.05) is 32.4 Å². The molecular weight excluding hydrogens is 349 g/mol. The van der Waals surface area contributed by atoms with Crippen molar-refractivity contribution in [1.29, 1.82) is 0 Å². The molecule has 1 aliphatic rings. The summed E-state index contributed by atoms with van der Waals surface area (Å²) < 4.78 is 40.6. The van der Waals surface area contributed by atoms with Gasteiger partial charge in [0.15, 0.2) is 5.82 Å². The minimum absolute atomic E-state index is 0.0539. The Balaban J connectivity index is 2.41. The van der Waals surface area contributed by atoms with E-state index in [9.17, 15) is 12.8 Å². The SMILES string of the molecule is CC1CN(S(=O)(=O)c2cc(N)cc(Br)c2F)CCN1C. The third-order valence-electron chi connectivity index (χ3n) is 3.56. The molecule has 8 heteroatoms. The monoisotopic (exact) mass is 365 g/mol. The molecule has 20 heavy (non-hydrogen) atoms. The lowest BCUT2D eigenvalue weighted by Gasteiger charge is -2.36. The maximum Gasteiger partial charge on any atom is 0.246 e. The number of anilines is 1. The summed E-state index contributed by atoms with van der Waals surface area (Å²) in [6.45, 7) is 3.23. The fourth-order valence-corrected chi connectivity index (χ4v) is 4.39. The van der Waals surface area contributed by atoms with Gasteiger partial charge in [-0.3, -0.25) is 0 Å². The molecule has 0 aromatic heterocycles. The van der Waals surface area contributed by atoms with Crippen molar-refractivity contribution in [2.45, 2.75) is 17.9 Å². The van der Waals surface area contributed by atoms with Gasteiger partial charge in [0.1, 0.15) is 4.90 Å². The first kappa shape index (κ1) is 15.7. The summed E-state index contributed by atoms with van der Waals surface area (Å²) in [5.41, 5.74) is 5.82. The van der Waals surface area contributed by atoms with Crippen molar-refractivity contribution in [3.8, 4) is 0 Å². The van der Waals surface area contributed by atoms with Gasteiger partial charge in [-0.05, 0) is 42.0 Å². The van der Waals surface area contributed by atoms with Gasteiger partial charge in [-0.15, -0.1) is 0 Å². The molecule has 112 valence electrons. The van der Waals surface area contributed by atoms with E-state index in [2.05, 4.69) is 20.8 Å². The molecule has 0 saturated carbocycles. The highest BCUT2D eigenvalue weighted by Gasteiger charge is 2.33. The van der Waals surface area contributed by atoms with Crippen LogP contribution < -0.4 is 5.73 Å². The van der Waals surface area contributed by atoms with E-state index in [1.807, 2.05) is 14.0 Å². The summed E-state index contributed by atoms with van der Waals surface area (Å²) in [4.78, 5) is 1.69. The van der Waals surface area contributed by atoms with E-state index in [0.29, 0.717) is 19.6 Å². The number of sulfonamides is 1. The topological polar surface area (TPSA) is 66.6 Å². The third-order valence-corrected chi connectivity index (χ3v) is 6.00. The molecule has 1 aromatic rings. The lowest BCUT2D eigenvalue weighted by Crippen LogP contribution is -2.52. The number of hydrogen-bond acceptors (Lipinski definition) is 4. The van der Waals surface area contributed by atoms with Gasteiger partial charge in [0.2, 0.25) is 10.0 Å². The average Bonchev–Trinajstić information content (AvgIpc) is 2.36. The first-order chi connectivity index (χ1) is 9.23. The van der Waals surface area contributed by atoms with Gasteiger partial charge < -0.3 is 10.6 Å². The molecule has 0 amide bonds. The highest BCUT2D eigenvalue weighted by molar-refractivity contribution is 9.10. The van der Waals surface area contributed by atoms with Crippen molar-refractivity contribution in [3.63, 3.8) is 0 Å². The number of rotatable bonds is 2. The quantitative estimate of drug-likeness (QED) is 0.806. The molecule has 5 nitrogen and oxygen atoms in total. The van der Waals surface area contributed by atoms with Crippen LogP contribution >= 0.6 is 15.9 Å². The number of hydrogen-bond donors (Lipinski definition) is 1. The first-order valence-corrected chi connectivity index (χ1v) is 8.41. The predicted molar refractivity (Wildman–Crippen MR) is 79.4 cm³/mol. The van der Waals surface area contributed by atoms with Crippen LogP contribution in [0.15, 0.2) is 21.5 Å². The molecule has 1 atom stereocenters. The zero-order valence-corrected chi connectivity index (χ0v) is 13.7. The summed E-state index contributed by atoms with van der Waals surface area (Å²) >= 11 is 2.99. The second-order valence-corrected chi connectivity index (χ2v) is 7.77. The van der Waals surface area contributed by atoms with Gasteiger partial charge in [-0.25, -0.2) is 12.8 Å². The van der Waals surface area contributed by atoms with Crippen molar-refractivity contribution in [3.05, 3.63) is 22.4 Å². The van der Waals surface area contributed by atoms with Gasteiger partial charge >= 0.3 is 0 Å². The standard InChI is InChI=1S/C12H17BrFN3O2S/c1-8-7-17(4-3-16(8)2)20(18,19)11-6-9(15)5-10(13)12(11)14/h5-6,8H,3-4,7,15H2,1-2H3. The molecule has 0 bridgehead atoms. The fourth-order valence-electron chi connectivity index (χ4n) is 2.14. The van der Waals surface area contributed by atoms with Crippen LogP contribution in [-0.2, 0) is 10.0 Å². The Bertz CT molecular complexity index is 623. The fraction of sp³-hybridized carbons (Fsp3) is 0.500. The zero-order chi connectivity index (χ0) is 15.1. The molecule has 1 aliphatic heterocycles. The number of benzene rings is 1. The molecule has 1 heterocycles. The Morgan fingerprint density at radius 1 is 1.40 bits per heavy atom. The molecule has 2 rings (SSSR count). The second kappa shape index (κ2) is 5.59. The van der Waals surface area contributed by atoms with E-state index < -0.39 is 15.8 Å². The van der Waals surface area contributed by atoms with Crippen LogP contribution in [0.1, 0.15) is 6.92 Å². The van der Waals surface area contributed by atoms with Gasteiger partial charge in [0.05, 0.1) is 4.47 Å². The molecular formula is C12H17BrFN3O2S. The highest BCUT2D eigenvalue weighted by atomic mass is 79.9. The van der Waals surface area contributed by atoms with Gasteiger partial charge in [-0.2, -0.15) is 4.31 Å². The summed E-state index contributed by atoms with van der Waals surface area (Å²) in [6, 6.07) is 2.60. The van der Waals surface area contributed by atoms with Crippen LogP contribution in [0.5, 0.6) is 0 Å². The number of nitrogens with zero attached hydrogens (tertiary/aromatic N) is 2. The normalized spacial score (nSPS) is 22.1. The molecule has 0 radical (unpaired) electrons. The summed E-state index contributed by atoms with van der Waals surface area (Å²) in [5, 5.41) is 0. The molecule has 1 unspecified atom stereocenters. The van der Waals surface area contributed by atoms with Crippen molar-refractivity contribution in [1.82, 2.24) is 9.21 Å². The minimum atomic E-state index is -3.87. The van der Waals surface area contributed by atoms with Crippen molar-refractivity contribution >= 4 is 31.6 Å². The Labute approximate surface area is 126 Å². The maximum absolute atomic E-state index is 14.1. The maximum atomic E-state index is 14.1. The third kappa shape index (κ3) is 2.83. The Hall–Kier alpha value is -0.700. The van der Waals surface area contributed by atoms with Crippen LogP contribution in [0.4, 0.5) is 10.1 Å². The first-order valence-electron chi connectivity index (χ1n) is 6.18. The van der Waals surface area contributed by atoms with E-state index >= 15 is 0 Å². The van der Waals surface area contributed by atoms with E-state index in [1.54, 1.807) is 0 Å². The average molecular weight is 366 g/mol. The summed E-state index contributed by atoms with van der Waals surface area (Å²) in [7, 11) is -1.94. The molecule has 0 spiro atoms. The van der Waals surface area contributed by atoms with Crippen molar-refractivity contribution in [2.24, 2.45) is 0 Å². The summed E-state index contributed by atoms with van der Waals surface area (Å²) in [5.74, 6) is -0.800. The number of nitrogen functional groups attached to an aromatic ring is 1. The number of halogens is 2. The lowest BCUT2D eigenvalue weighted by molar-refractivity contribution is 0.159. The summed E-state index contributed by atoms with van der Waals surface area (Å²) in [6.07, 6.45) is 0. The van der Waals surface area contributed by atoms with Crippen LogP contribution in [-0.4, -0.2) is 50.3 Å². The van der Waals surface area contributed by atoms with Crippen LogP contribution in [0.2, 0.25) is 0 Å². The highest BCUT2D eigenvalue weighted by Crippen LogP contribution is 2.29. The number of nitrogens with two attached hydrogens (primary N) is 1. The molecule has 1 saturated heterocycles. The molecule has 1 fully saturated rings. The Kier molecular flexibility index (Phi) is 4.38. The van der Waals surface area contributed by atoms with Gasteiger partial charge in [0.25, 0.3) is 0 Å². The minimum Gasteiger partial charge on any atom is -0.399 e. The van der Waals surface area contributed by atoms with Gasteiger partial charge in [0, 0.05) is 31.4 Å². The van der Waals surface area contributed by atoms with Crippen LogP contribution in [0.25, 0.3) is 0 Å². The second-order valence-electron chi connectivity index (χ2n) is 5.01. The Morgan fingerprint density at radius 3 is 2.65 bits per heavy atom. The van der Waals surface area contributed by atoms with Crippen LogP contribution in [0.3, 0.4) is 0 Å². The van der Waals surface area contributed by atoms with Crippen LogP contribution in [0, 0.1) is 5.82 Å².